The summed E-state index contributed by atoms with van der Waals surface area (Å²) in [4.78, 5) is 17.7. The standard InChI is InChI=1S/C12H15N5O/c1-7(8-4-2-3-5-9(8)13)17-11-10(14)12(18)16-6-15-11/h2-7H,13-14H2,1H3,(H2,15,16,17,18). The van der Waals surface area contributed by atoms with Crippen LogP contribution in [0.1, 0.15) is 18.5 Å². The van der Waals surface area contributed by atoms with Crippen LogP contribution in [0.4, 0.5) is 17.2 Å². The second kappa shape index (κ2) is 4.79. The number of benzene rings is 1. The van der Waals surface area contributed by atoms with Gasteiger partial charge in [0.1, 0.15) is 5.69 Å². The Kier molecular flexibility index (Phi) is 3.18. The second-order valence-electron chi connectivity index (χ2n) is 3.99. The fraction of sp³-hybridized carbons (Fsp3) is 0.167. The van der Waals surface area contributed by atoms with Crippen molar-refractivity contribution in [3.63, 3.8) is 0 Å². The van der Waals surface area contributed by atoms with Gasteiger partial charge in [-0.25, -0.2) is 4.98 Å². The first-order chi connectivity index (χ1) is 8.59. The third kappa shape index (κ3) is 2.27. The molecule has 0 bridgehead atoms. The van der Waals surface area contributed by atoms with Crippen molar-refractivity contribution in [2.75, 3.05) is 16.8 Å². The summed E-state index contributed by atoms with van der Waals surface area (Å²) < 4.78 is 0. The van der Waals surface area contributed by atoms with Crippen molar-refractivity contribution < 1.29 is 0 Å². The van der Waals surface area contributed by atoms with Gasteiger partial charge in [0.15, 0.2) is 5.82 Å². The summed E-state index contributed by atoms with van der Waals surface area (Å²) in [6.07, 6.45) is 1.31. The fourth-order valence-electron chi connectivity index (χ4n) is 1.71. The maximum absolute atomic E-state index is 11.3. The lowest BCUT2D eigenvalue weighted by atomic mass is 10.1. The smallest absolute Gasteiger partial charge is 0.276 e. The van der Waals surface area contributed by atoms with Crippen LogP contribution in [0.3, 0.4) is 0 Å². The van der Waals surface area contributed by atoms with Crippen LogP contribution in [-0.2, 0) is 0 Å². The van der Waals surface area contributed by atoms with E-state index in [0.29, 0.717) is 11.5 Å². The van der Waals surface area contributed by atoms with Crippen LogP contribution < -0.4 is 22.3 Å². The molecule has 0 aliphatic rings. The van der Waals surface area contributed by atoms with Crippen molar-refractivity contribution in [2.45, 2.75) is 13.0 Å². The third-order valence-electron chi connectivity index (χ3n) is 2.70. The summed E-state index contributed by atoms with van der Waals surface area (Å²) in [5, 5.41) is 3.07. The highest BCUT2D eigenvalue weighted by molar-refractivity contribution is 5.61. The molecule has 1 atom stereocenters. The fourth-order valence-corrected chi connectivity index (χ4v) is 1.71. The van der Waals surface area contributed by atoms with Crippen LogP contribution in [0.15, 0.2) is 35.4 Å². The molecule has 0 saturated heterocycles. The summed E-state index contributed by atoms with van der Waals surface area (Å²) >= 11 is 0. The van der Waals surface area contributed by atoms with Crippen LogP contribution in [0.5, 0.6) is 0 Å². The number of nitrogens with zero attached hydrogens (tertiary/aromatic N) is 1. The molecule has 0 spiro atoms. The average molecular weight is 245 g/mol. The molecule has 6 N–H and O–H groups in total. The van der Waals surface area contributed by atoms with Crippen LogP contribution in [0, 0.1) is 0 Å². The lowest BCUT2D eigenvalue weighted by molar-refractivity contribution is 0.874. The van der Waals surface area contributed by atoms with E-state index in [1.807, 2.05) is 31.2 Å². The van der Waals surface area contributed by atoms with Gasteiger partial charge in [0.05, 0.1) is 12.4 Å². The lowest BCUT2D eigenvalue weighted by Crippen LogP contribution is -2.18. The predicted octanol–water partition coefficient (Wildman–Crippen LogP) is 1.11. The number of rotatable bonds is 3. The zero-order valence-electron chi connectivity index (χ0n) is 9.97. The van der Waals surface area contributed by atoms with Crippen LogP contribution in [0.2, 0.25) is 0 Å². The molecule has 0 aliphatic heterocycles. The van der Waals surface area contributed by atoms with Gasteiger partial charge in [-0.2, -0.15) is 0 Å². The van der Waals surface area contributed by atoms with Gasteiger partial charge in [-0.3, -0.25) is 4.79 Å². The number of anilines is 3. The van der Waals surface area contributed by atoms with E-state index in [0.717, 1.165) is 5.56 Å². The summed E-state index contributed by atoms with van der Waals surface area (Å²) in [5.74, 6) is 0.356. The first-order valence-corrected chi connectivity index (χ1v) is 5.53. The predicted molar refractivity (Wildman–Crippen MR) is 72.2 cm³/mol. The van der Waals surface area contributed by atoms with Gasteiger partial charge < -0.3 is 21.8 Å². The summed E-state index contributed by atoms with van der Waals surface area (Å²) in [5.41, 5.74) is 12.8. The molecule has 1 aromatic carbocycles. The van der Waals surface area contributed by atoms with E-state index < -0.39 is 0 Å². The molecule has 1 heterocycles. The van der Waals surface area contributed by atoms with Crippen LogP contribution >= 0.6 is 0 Å². The van der Waals surface area contributed by atoms with E-state index in [4.69, 9.17) is 11.5 Å². The Bertz CT molecular complexity index is 607. The molecule has 18 heavy (non-hydrogen) atoms. The molecule has 2 aromatic rings. The SMILES string of the molecule is CC(Nc1nc[nH]c(=O)c1N)c1ccccc1N. The molecule has 0 aliphatic carbocycles. The number of para-hydroxylation sites is 1. The Morgan fingerprint density at radius 3 is 2.78 bits per heavy atom. The van der Waals surface area contributed by atoms with Crippen LogP contribution in [-0.4, -0.2) is 9.97 Å². The molecule has 0 radical (unpaired) electrons. The van der Waals surface area contributed by atoms with Crippen molar-refractivity contribution in [3.8, 4) is 0 Å². The number of hydrogen-bond acceptors (Lipinski definition) is 5. The summed E-state index contributed by atoms with van der Waals surface area (Å²) in [6.45, 7) is 1.92. The van der Waals surface area contributed by atoms with Gasteiger partial charge in [-0.1, -0.05) is 18.2 Å². The van der Waals surface area contributed by atoms with Gasteiger partial charge in [0.25, 0.3) is 5.56 Å². The van der Waals surface area contributed by atoms with Crippen molar-refractivity contribution in [2.24, 2.45) is 0 Å². The normalized spacial score (nSPS) is 12.1. The Hall–Kier alpha value is -2.50. The quantitative estimate of drug-likeness (QED) is 0.605. The van der Waals surface area contributed by atoms with Crippen LogP contribution in [0.25, 0.3) is 0 Å². The molecular formula is C12H15N5O. The number of hydrogen-bond donors (Lipinski definition) is 4. The maximum Gasteiger partial charge on any atom is 0.276 e. The summed E-state index contributed by atoms with van der Waals surface area (Å²) in [7, 11) is 0. The van der Waals surface area contributed by atoms with Gasteiger partial charge in [0, 0.05) is 5.69 Å². The highest BCUT2D eigenvalue weighted by atomic mass is 16.1. The zero-order valence-corrected chi connectivity index (χ0v) is 9.97. The molecule has 0 amide bonds. The third-order valence-corrected chi connectivity index (χ3v) is 2.70. The Balaban J connectivity index is 2.27. The van der Waals surface area contributed by atoms with Gasteiger partial charge >= 0.3 is 0 Å². The number of nitrogen functional groups attached to an aromatic ring is 2. The van der Waals surface area contributed by atoms with Crippen molar-refractivity contribution in [1.82, 2.24) is 9.97 Å². The number of aromatic amines is 1. The van der Waals surface area contributed by atoms with Gasteiger partial charge in [-0.15, -0.1) is 0 Å². The minimum absolute atomic E-state index is 0.0684. The molecule has 2 rings (SSSR count). The number of nitrogens with two attached hydrogens (primary N) is 2. The topological polar surface area (TPSA) is 110 Å². The summed E-state index contributed by atoms with van der Waals surface area (Å²) in [6, 6.07) is 7.41. The lowest BCUT2D eigenvalue weighted by Gasteiger charge is -2.17. The van der Waals surface area contributed by atoms with E-state index in [1.165, 1.54) is 6.33 Å². The number of nitrogens with one attached hydrogen (secondary N) is 2. The molecule has 0 fully saturated rings. The first kappa shape index (κ1) is 12.0. The molecule has 1 unspecified atom stereocenters. The minimum atomic E-state index is -0.360. The average Bonchev–Trinajstić information content (AvgIpc) is 2.35. The maximum atomic E-state index is 11.3. The Morgan fingerprint density at radius 2 is 2.06 bits per heavy atom. The minimum Gasteiger partial charge on any atom is -0.398 e. The zero-order chi connectivity index (χ0) is 13.1. The van der Waals surface area contributed by atoms with E-state index in [-0.39, 0.29) is 17.3 Å². The number of aromatic nitrogens is 2. The van der Waals surface area contributed by atoms with E-state index >= 15 is 0 Å². The van der Waals surface area contributed by atoms with Crippen molar-refractivity contribution in [1.29, 1.82) is 0 Å². The molecular weight excluding hydrogens is 230 g/mol. The van der Waals surface area contributed by atoms with Gasteiger partial charge in [-0.05, 0) is 18.6 Å². The molecule has 94 valence electrons. The van der Waals surface area contributed by atoms with Crippen molar-refractivity contribution in [3.05, 3.63) is 46.5 Å². The molecule has 1 aromatic heterocycles. The highest BCUT2D eigenvalue weighted by Gasteiger charge is 2.11. The second-order valence-corrected chi connectivity index (χ2v) is 3.99. The molecule has 6 heteroatoms. The first-order valence-electron chi connectivity index (χ1n) is 5.53. The Labute approximate surface area is 104 Å². The molecule has 6 nitrogen and oxygen atoms in total. The molecule has 0 saturated carbocycles. The largest absolute Gasteiger partial charge is 0.398 e. The van der Waals surface area contributed by atoms with Crippen molar-refractivity contribution >= 4 is 17.2 Å². The van der Waals surface area contributed by atoms with E-state index in [2.05, 4.69) is 15.3 Å². The Morgan fingerprint density at radius 1 is 1.33 bits per heavy atom. The number of H-pyrrole nitrogens is 1. The van der Waals surface area contributed by atoms with E-state index in [1.54, 1.807) is 0 Å². The highest BCUT2D eigenvalue weighted by Crippen LogP contribution is 2.23. The van der Waals surface area contributed by atoms with Gasteiger partial charge in [0.2, 0.25) is 0 Å². The monoisotopic (exact) mass is 245 g/mol. The van der Waals surface area contributed by atoms with E-state index in [9.17, 15) is 4.79 Å².